The fraction of sp³-hybridized carbons (Fsp3) is 0.286. The Labute approximate surface area is 162 Å². The Kier molecular flexibility index (Phi) is 4.83. The summed E-state index contributed by atoms with van der Waals surface area (Å²) in [6, 6.07) is 10.7. The monoisotopic (exact) mass is 379 g/mol. The smallest absolute Gasteiger partial charge is 0.273 e. The first-order valence-corrected chi connectivity index (χ1v) is 9.08. The molecule has 0 spiro atoms. The van der Waals surface area contributed by atoms with Crippen molar-refractivity contribution in [2.45, 2.75) is 19.0 Å². The summed E-state index contributed by atoms with van der Waals surface area (Å²) >= 11 is 0. The number of rotatable bonds is 5. The number of nitrogens with zero attached hydrogens (tertiary/aromatic N) is 2. The van der Waals surface area contributed by atoms with Gasteiger partial charge in [-0.2, -0.15) is 5.10 Å². The summed E-state index contributed by atoms with van der Waals surface area (Å²) in [6.07, 6.45) is 1.52. The highest BCUT2D eigenvalue weighted by atomic mass is 16.5. The number of aldehydes is 1. The van der Waals surface area contributed by atoms with Crippen LogP contribution in [0.5, 0.6) is 11.5 Å². The number of carbonyl (C=O) groups excluding carboxylic acids is 2. The van der Waals surface area contributed by atoms with Crippen LogP contribution >= 0.6 is 0 Å². The minimum atomic E-state index is -0.354. The molecule has 4 rings (SSSR count). The number of nitrogens with one attached hydrogen (secondary N) is 1. The maximum atomic E-state index is 12.9. The van der Waals surface area contributed by atoms with E-state index in [0.717, 1.165) is 28.7 Å². The molecule has 144 valence electrons. The minimum Gasteiger partial charge on any atom is -0.493 e. The SMILES string of the molecule is COc1ccc(C2=NN(C(=O)c3ccc4c(c3)C(C=O)NC4)CC2)cc1OC. The number of benzene rings is 2. The van der Waals surface area contributed by atoms with Gasteiger partial charge < -0.3 is 14.3 Å². The topological polar surface area (TPSA) is 80.2 Å². The van der Waals surface area contributed by atoms with E-state index in [2.05, 4.69) is 10.4 Å². The fourth-order valence-corrected chi connectivity index (χ4v) is 3.60. The van der Waals surface area contributed by atoms with Gasteiger partial charge in [0, 0.05) is 24.1 Å². The van der Waals surface area contributed by atoms with E-state index >= 15 is 0 Å². The zero-order valence-electron chi connectivity index (χ0n) is 15.8. The van der Waals surface area contributed by atoms with Gasteiger partial charge in [0.1, 0.15) is 6.29 Å². The van der Waals surface area contributed by atoms with Crippen molar-refractivity contribution >= 4 is 17.9 Å². The molecule has 28 heavy (non-hydrogen) atoms. The molecule has 0 saturated carbocycles. The maximum absolute atomic E-state index is 12.9. The summed E-state index contributed by atoms with van der Waals surface area (Å²) in [7, 11) is 3.18. The summed E-state index contributed by atoms with van der Waals surface area (Å²) in [4.78, 5) is 24.1. The average Bonchev–Trinajstić information content (AvgIpc) is 3.39. The predicted molar refractivity (Wildman–Crippen MR) is 104 cm³/mol. The van der Waals surface area contributed by atoms with Crippen molar-refractivity contribution in [1.29, 1.82) is 0 Å². The Morgan fingerprint density at radius 1 is 1.18 bits per heavy atom. The second-order valence-corrected chi connectivity index (χ2v) is 6.70. The van der Waals surface area contributed by atoms with Gasteiger partial charge in [0.05, 0.1) is 32.5 Å². The molecule has 7 heteroatoms. The number of carbonyl (C=O) groups is 2. The first-order chi connectivity index (χ1) is 13.6. The number of hydrogen-bond donors (Lipinski definition) is 1. The van der Waals surface area contributed by atoms with Crippen LogP contribution in [-0.4, -0.2) is 43.7 Å². The Balaban J connectivity index is 1.58. The van der Waals surface area contributed by atoms with Crippen molar-refractivity contribution in [3.05, 3.63) is 58.7 Å². The molecule has 0 radical (unpaired) electrons. The maximum Gasteiger partial charge on any atom is 0.273 e. The van der Waals surface area contributed by atoms with Gasteiger partial charge >= 0.3 is 0 Å². The van der Waals surface area contributed by atoms with Gasteiger partial charge in [-0.05, 0) is 41.5 Å². The van der Waals surface area contributed by atoms with Gasteiger partial charge in [-0.25, -0.2) is 5.01 Å². The molecule has 2 aliphatic heterocycles. The molecule has 1 amide bonds. The van der Waals surface area contributed by atoms with E-state index in [9.17, 15) is 9.59 Å². The van der Waals surface area contributed by atoms with Crippen molar-refractivity contribution in [1.82, 2.24) is 10.3 Å². The summed E-state index contributed by atoms with van der Waals surface area (Å²) in [5, 5.41) is 9.11. The van der Waals surface area contributed by atoms with Crippen LogP contribution in [0.25, 0.3) is 0 Å². The lowest BCUT2D eigenvalue weighted by Crippen LogP contribution is -2.23. The van der Waals surface area contributed by atoms with Crippen LogP contribution in [0.2, 0.25) is 0 Å². The van der Waals surface area contributed by atoms with E-state index < -0.39 is 0 Å². The highest BCUT2D eigenvalue weighted by molar-refractivity contribution is 6.04. The first kappa shape index (κ1) is 18.2. The average molecular weight is 379 g/mol. The largest absolute Gasteiger partial charge is 0.493 e. The molecule has 7 nitrogen and oxygen atoms in total. The van der Waals surface area contributed by atoms with Crippen LogP contribution < -0.4 is 14.8 Å². The number of amides is 1. The Hall–Kier alpha value is -3.19. The molecule has 2 aromatic rings. The zero-order valence-corrected chi connectivity index (χ0v) is 15.8. The second kappa shape index (κ2) is 7.44. The van der Waals surface area contributed by atoms with Gasteiger partial charge in [0.2, 0.25) is 0 Å². The molecule has 0 bridgehead atoms. The van der Waals surface area contributed by atoms with Gasteiger partial charge in [0.15, 0.2) is 11.5 Å². The van der Waals surface area contributed by atoms with E-state index in [-0.39, 0.29) is 11.9 Å². The summed E-state index contributed by atoms with van der Waals surface area (Å²) in [5.41, 5.74) is 4.16. The number of fused-ring (bicyclic) bond motifs is 1. The molecule has 0 fully saturated rings. The standard InChI is InChI=1S/C21H21N3O4/c1-27-19-6-5-13(10-20(19)28-2)17-7-8-24(23-17)21(26)14-3-4-15-11-22-18(12-25)16(15)9-14/h3-6,9-10,12,18,22H,7-8,11H2,1-2H3. The Morgan fingerprint density at radius 2 is 2.00 bits per heavy atom. The highest BCUT2D eigenvalue weighted by Crippen LogP contribution is 2.30. The third-order valence-electron chi connectivity index (χ3n) is 5.13. The lowest BCUT2D eigenvalue weighted by atomic mass is 10.0. The van der Waals surface area contributed by atoms with E-state index in [0.29, 0.717) is 36.6 Å². The summed E-state index contributed by atoms with van der Waals surface area (Å²) < 4.78 is 10.6. The molecule has 2 heterocycles. The lowest BCUT2D eigenvalue weighted by Gasteiger charge is -2.13. The van der Waals surface area contributed by atoms with Crippen LogP contribution in [0.3, 0.4) is 0 Å². The van der Waals surface area contributed by atoms with Gasteiger partial charge in [-0.15, -0.1) is 0 Å². The van der Waals surface area contributed by atoms with Crippen molar-refractivity contribution < 1.29 is 19.1 Å². The van der Waals surface area contributed by atoms with Gasteiger partial charge in [-0.3, -0.25) is 10.1 Å². The molecular formula is C21H21N3O4. The van der Waals surface area contributed by atoms with Crippen LogP contribution in [-0.2, 0) is 11.3 Å². The minimum absolute atomic E-state index is 0.171. The van der Waals surface area contributed by atoms with Crippen LogP contribution in [0.4, 0.5) is 0 Å². The van der Waals surface area contributed by atoms with Crippen molar-refractivity contribution in [3.8, 4) is 11.5 Å². The van der Waals surface area contributed by atoms with Crippen molar-refractivity contribution in [2.75, 3.05) is 20.8 Å². The predicted octanol–water partition coefficient (Wildman–Crippen LogP) is 2.30. The van der Waals surface area contributed by atoms with E-state index in [4.69, 9.17) is 9.47 Å². The number of methoxy groups -OCH3 is 2. The van der Waals surface area contributed by atoms with E-state index in [1.807, 2.05) is 24.3 Å². The van der Waals surface area contributed by atoms with Crippen LogP contribution in [0.1, 0.15) is 39.5 Å². The third kappa shape index (κ3) is 3.14. The first-order valence-electron chi connectivity index (χ1n) is 9.08. The lowest BCUT2D eigenvalue weighted by molar-refractivity contribution is -0.109. The molecule has 2 aliphatic rings. The number of hydrazone groups is 1. The van der Waals surface area contributed by atoms with Crippen LogP contribution in [0, 0.1) is 0 Å². The fourth-order valence-electron chi connectivity index (χ4n) is 3.60. The summed E-state index contributed by atoms with van der Waals surface area (Å²) in [5.74, 6) is 1.10. The Bertz CT molecular complexity index is 970. The number of hydrogen-bond acceptors (Lipinski definition) is 6. The molecule has 2 aromatic carbocycles. The molecule has 1 unspecified atom stereocenters. The molecule has 0 aromatic heterocycles. The Morgan fingerprint density at radius 3 is 2.75 bits per heavy atom. The van der Waals surface area contributed by atoms with Crippen molar-refractivity contribution in [3.63, 3.8) is 0 Å². The third-order valence-corrected chi connectivity index (χ3v) is 5.13. The second-order valence-electron chi connectivity index (χ2n) is 6.70. The van der Waals surface area contributed by atoms with E-state index in [1.54, 1.807) is 26.4 Å². The van der Waals surface area contributed by atoms with Crippen molar-refractivity contribution in [2.24, 2.45) is 5.10 Å². The summed E-state index contributed by atoms with van der Waals surface area (Å²) in [6.45, 7) is 1.15. The van der Waals surface area contributed by atoms with E-state index in [1.165, 1.54) is 5.01 Å². The molecule has 1 atom stereocenters. The zero-order chi connectivity index (χ0) is 19.7. The molecular weight excluding hydrogens is 358 g/mol. The normalized spacial score (nSPS) is 17.9. The van der Waals surface area contributed by atoms with Gasteiger partial charge in [0.25, 0.3) is 5.91 Å². The molecule has 1 N–H and O–H groups in total. The van der Waals surface area contributed by atoms with Gasteiger partial charge in [-0.1, -0.05) is 6.07 Å². The van der Waals surface area contributed by atoms with Crippen LogP contribution in [0.15, 0.2) is 41.5 Å². The highest BCUT2D eigenvalue weighted by Gasteiger charge is 2.26. The quantitative estimate of drug-likeness (QED) is 0.807. The number of ether oxygens (including phenoxy) is 2. The molecule has 0 saturated heterocycles. The molecule has 0 aliphatic carbocycles.